The van der Waals surface area contributed by atoms with Gasteiger partial charge in [0.05, 0.1) is 0 Å². The molecule has 0 aliphatic carbocycles. The average Bonchev–Trinajstić information content (AvgIpc) is 2.01. The molecule has 0 unspecified atom stereocenters. The normalized spacial score (nSPS) is 10.2. The Hall–Kier alpha value is -0.990. The Labute approximate surface area is 62.7 Å². The molecule has 0 spiro atoms. The molecule has 0 saturated carbocycles. The summed E-state index contributed by atoms with van der Waals surface area (Å²) in [6, 6.07) is 3.10. The SMILES string of the molecule is CCc1c[c]c(F)c(F)c1F. The first kappa shape index (κ1) is 8.11. The molecule has 1 radical (unpaired) electrons. The lowest BCUT2D eigenvalue weighted by Gasteiger charge is -1.99. The Morgan fingerprint density at radius 2 is 1.91 bits per heavy atom. The van der Waals surface area contributed by atoms with Crippen LogP contribution in [-0.4, -0.2) is 0 Å². The zero-order chi connectivity index (χ0) is 8.43. The third-order valence-corrected chi connectivity index (χ3v) is 1.42. The van der Waals surface area contributed by atoms with Gasteiger partial charge in [-0.15, -0.1) is 0 Å². The van der Waals surface area contributed by atoms with E-state index < -0.39 is 17.5 Å². The zero-order valence-corrected chi connectivity index (χ0v) is 5.92. The lowest BCUT2D eigenvalue weighted by Crippen LogP contribution is -1.95. The molecule has 0 saturated heterocycles. The Bertz CT molecular complexity index is 268. The van der Waals surface area contributed by atoms with E-state index in [4.69, 9.17) is 0 Å². The summed E-state index contributed by atoms with van der Waals surface area (Å²) in [6.45, 7) is 1.66. The second-order valence-electron chi connectivity index (χ2n) is 2.11. The van der Waals surface area contributed by atoms with Gasteiger partial charge in [-0.1, -0.05) is 6.92 Å². The number of benzene rings is 1. The van der Waals surface area contributed by atoms with Crippen molar-refractivity contribution in [1.29, 1.82) is 0 Å². The fourth-order valence-electron chi connectivity index (χ4n) is 0.772. The van der Waals surface area contributed by atoms with Crippen molar-refractivity contribution in [2.45, 2.75) is 13.3 Å². The van der Waals surface area contributed by atoms with Gasteiger partial charge in [-0.05, 0) is 18.1 Å². The monoisotopic (exact) mass is 159 g/mol. The molecule has 1 aromatic carbocycles. The van der Waals surface area contributed by atoms with E-state index in [-0.39, 0.29) is 5.56 Å². The fourth-order valence-corrected chi connectivity index (χ4v) is 0.772. The van der Waals surface area contributed by atoms with E-state index in [2.05, 4.69) is 0 Å². The maximum Gasteiger partial charge on any atom is 0.195 e. The number of hydrogen-bond donors (Lipinski definition) is 0. The minimum atomic E-state index is -1.44. The van der Waals surface area contributed by atoms with Crippen LogP contribution in [0.5, 0.6) is 0 Å². The molecule has 0 amide bonds. The fraction of sp³-hybridized carbons (Fsp3) is 0.250. The van der Waals surface area contributed by atoms with Crippen molar-refractivity contribution < 1.29 is 13.2 Å². The van der Waals surface area contributed by atoms with E-state index in [1.54, 1.807) is 6.92 Å². The van der Waals surface area contributed by atoms with Gasteiger partial charge >= 0.3 is 0 Å². The second kappa shape index (κ2) is 2.95. The lowest BCUT2D eigenvalue weighted by atomic mass is 10.1. The summed E-state index contributed by atoms with van der Waals surface area (Å²) in [7, 11) is 0. The minimum absolute atomic E-state index is 0.143. The van der Waals surface area contributed by atoms with Crippen LogP contribution >= 0.6 is 0 Å². The quantitative estimate of drug-likeness (QED) is 0.552. The van der Waals surface area contributed by atoms with E-state index in [0.29, 0.717) is 6.42 Å². The van der Waals surface area contributed by atoms with Crippen molar-refractivity contribution in [2.75, 3.05) is 0 Å². The van der Waals surface area contributed by atoms with Crippen LogP contribution in [0.25, 0.3) is 0 Å². The summed E-state index contributed by atoms with van der Waals surface area (Å²) < 4.78 is 37.3. The standard InChI is InChI=1S/C8H6F3/c1-2-5-3-4-6(9)8(11)7(5)10/h3H,2H2,1H3. The Kier molecular flexibility index (Phi) is 2.17. The molecule has 0 N–H and O–H groups in total. The first-order valence-corrected chi connectivity index (χ1v) is 3.20. The highest BCUT2D eigenvalue weighted by molar-refractivity contribution is 5.18. The van der Waals surface area contributed by atoms with Gasteiger partial charge in [-0.3, -0.25) is 0 Å². The number of aryl methyl sites for hydroxylation is 1. The Morgan fingerprint density at radius 3 is 2.45 bits per heavy atom. The Balaban J connectivity index is 3.25. The largest absolute Gasteiger partial charge is 0.203 e. The van der Waals surface area contributed by atoms with Gasteiger partial charge in [-0.2, -0.15) is 0 Å². The molecule has 0 fully saturated rings. The topological polar surface area (TPSA) is 0 Å². The van der Waals surface area contributed by atoms with Crippen LogP contribution in [0.3, 0.4) is 0 Å². The predicted molar refractivity (Wildman–Crippen MR) is 34.5 cm³/mol. The van der Waals surface area contributed by atoms with Crippen molar-refractivity contribution in [1.82, 2.24) is 0 Å². The molecule has 59 valence electrons. The lowest BCUT2D eigenvalue weighted by molar-refractivity contribution is 0.440. The molecular formula is C8H6F3. The van der Waals surface area contributed by atoms with E-state index in [1.807, 2.05) is 6.07 Å². The van der Waals surface area contributed by atoms with Crippen LogP contribution < -0.4 is 0 Å². The number of hydrogen-bond acceptors (Lipinski definition) is 0. The molecule has 0 aliphatic rings. The van der Waals surface area contributed by atoms with Gasteiger partial charge in [0.25, 0.3) is 0 Å². The number of halogens is 3. The molecular weight excluding hydrogens is 153 g/mol. The van der Waals surface area contributed by atoms with Crippen LogP contribution in [0.15, 0.2) is 6.07 Å². The summed E-state index contributed by atoms with van der Waals surface area (Å²) >= 11 is 0. The second-order valence-corrected chi connectivity index (χ2v) is 2.11. The van der Waals surface area contributed by atoms with E-state index in [0.717, 1.165) is 6.07 Å². The summed E-state index contributed by atoms with van der Waals surface area (Å²) in [5.74, 6) is -3.81. The van der Waals surface area contributed by atoms with Gasteiger partial charge < -0.3 is 0 Å². The summed E-state index contributed by atoms with van der Waals surface area (Å²) in [5, 5.41) is 0. The summed E-state index contributed by atoms with van der Waals surface area (Å²) in [4.78, 5) is 0. The van der Waals surface area contributed by atoms with Crippen molar-refractivity contribution in [3.8, 4) is 0 Å². The summed E-state index contributed by atoms with van der Waals surface area (Å²) in [6.07, 6.45) is 0.333. The molecule has 11 heavy (non-hydrogen) atoms. The van der Waals surface area contributed by atoms with Gasteiger partial charge in [0.2, 0.25) is 0 Å². The smallest absolute Gasteiger partial charge is 0.195 e. The molecule has 0 atom stereocenters. The van der Waals surface area contributed by atoms with Gasteiger partial charge in [-0.25, -0.2) is 13.2 Å². The molecule has 0 heterocycles. The van der Waals surface area contributed by atoms with Gasteiger partial charge in [0.1, 0.15) is 0 Å². The summed E-state index contributed by atoms with van der Waals surface area (Å²) in [5.41, 5.74) is 0.143. The highest BCUT2D eigenvalue weighted by atomic mass is 19.2. The molecule has 1 rings (SSSR count). The maximum absolute atomic E-state index is 12.6. The zero-order valence-electron chi connectivity index (χ0n) is 5.92. The third kappa shape index (κ3) is 1.37. The predicted octanol–water partition coefficient (Wildman–Crippen LogP) is 2.47. The molecule has 0 aliphatic heterocycles. The third-order valence-electron chi connectivity index (χ3n) is 1.42. The minimum Gasteiger partial charge on any atom is -0.203 e. The molecule has 0 nitrogen and oxygen atoms in total. The van der Waals surface area contributed by atoms with Crippen molar-refractivity contribution in [3.05, 3.63) is 35.1 Å². The maximum atomic E-state index is 12.6. The van der Waals surface area contributed by atoms with Crippen LogP contribution in [-0.2, 0) is 6.42 Å². The molecule has 0 bridgehead atoms. The van der Waals surface area contributed by atoms with E-state index in [1.165, 1.54) is 0 Å². The van der Waals surface area contributed by atoms with Crippen LogP contribution in [0.1, 0.15) is 12.5 Å². The highest BCUT2D eigenvalue weighted by Gasteiger charge is 2.11. The van der Waals surface area contributed by atoms with Crippen molar-refractivity contribution in [3.63, 3.8) is 0 Å². The molecule has 3 heteroatoms. The van der Waals surface area contributed by atoms with Crippen LogP contribution in [0, 0.1) is 23.5 Å². The van der Waals surface area contributed by atoms with E-state index in [9.17, 15) is 13.2 Å². The van der Waals surface area contributed by atoms with Crippen molar-refractivity contribution >= 4 is 0 Å². The van der Waals surface area contributed by atoms with Crippen molar-refractivity contribution in [2.24, 2.45) is 0 Å². The Morgan fingerprint density at radius 1 is 1.27 bits per heavy atom. The first-order valence-electron chi connectivity index (χ1n) is 3.20. The van der Waals surface area contributed by atoms with Crippen LogP contribution in [0.2, 0.25) is 0 Å². The first-order chi connectivity index (χ1) is 5.16. The number of rotatable bonds is 1. The van der Waals surface area contributed by atoms with Crippen LogP contribution in [0.4, 0.5) is 13.2 Å². The van der Waals surface area contributed by atoms with Gasteiger partial charge in [0.15, 0.2) is 17.5 Å². The average molecular weight is 159 g/mol. The van der Waals surface area contributed by atoms with E-state index >= 15 is 0 Å². The highest BCUT2D eigenvalue weighted by Crippen LogP contribution is 2.14. The molecule has 1 aromatic rings. The molecule has 0 aromatic heterocycles. The van der Waals surface area contributed by atoms with Gasteiger partial charge in [0, 0.05) is 6.07 Å².